The molecule has 0 bridgehead atoms. The van der Waals surface area contributed by atoms with Gasteiger partial charge in [0, 0.05) is 39.9 Å². The van der Waals surface area contributed by atoms with Gasteiger partial charge in [-0.05, 0) is 38.8 Å². The van der Waals surface area contributed by atoms with Gasteiger partial charge in [0.15, 0.2) is 5.96 Å². The van der Waals surface area contributed by atoms with Crippen LogP contribution in [0, 0.1) is 0 Å². The van der Waals surface area contributed by atoms with Crippen molar-refractivity contribution in [3.8, 4) is 0 Å². The fourth-order valence-corrected chi connectivity index (χ4v) is 2.50. The lowest BCUT2D eigenvalue weighted by Crippen LogP contribution is -2.46. The molecule has 0 saturated carbocycles. The Kier molecular flexibility index (Phi) is 8.58. The van der Waals surface area contributed by atoms with E-state index in [-0.39, 0.29) is 0 Å². The standard InChI is InChI=1S/C14H30N4O/c1-4-13(18-9-5-6-10-18)12-17-14(15-2)16-8-7-11-19-3/h13H,4-12H2,1-3H3,(H2,15,16,17). The first-order valence-corrected chi connectivity index (χ1v) is 7.49. The van der Waals surface area contributed by atoms with Crippen molar-refractivity contribution in [1.82, 2.24) is 15.5 Å². The number of nitrogens with zero attached hydrogens (tertiary/aromatic N) is 2. The van der Waals surface area contributed by atoms with Crippen LogP contribution in [0.15, 0.2) is 4.99 Å². The van der Waals surface area contributed by atoms with Gasteiger partial charge in [-0.15, -0.1) is 0 Å². The number of methoxy groups -OCH3 is 1. The van der Waals surface area contributed by atoms with Gasteiger partial charge in [-0.3, -0.25) is 9.89 Å². The van der Waals surface area contributed by atoms with Crippen molar-refractivity contribution in [3.63, 3.8) is 0 Å². The van der Waals surface area contributed by atoms with Crippen LogP contribution in [-0.2, 0) is 4.74 Å². The molecule has 1 heterocycles. The first kappa shape index (κ1) is 16.2. The highest BCUT2D eigenvalue weighted by Crippen LogP contribution is 2.13. The molecule has 1 unspecified atom stereocenters. The Morgan fingerprint density at radius 3 is 2.63 bits per heavy atom. The van der Waals surface area contributed by atoms with E-state index < -0.39 is 0 Å². The fourth-order valence-electron chi connectivity index (χ4n) is 2.50. The summed E-state index contributed by atoms with van der Waals surface area (Å²) < 4.78 is 5.03. The predicted molar refractivity (Wildman–Crippen MR) is 80.7 cm³/mol. The van der Waals surface area contributed by atoms with E-state index in [4.69, 9.17) is 4.74 Å². The van der Waals surface area contributed by atoms with E-state index in [1.807, 2.05) is 7.05 Å². The Balaban J connectivity index is 2.22. The van der Waals surface area contributed by atoms with Gasteiger partial charge in [0.2, 0.25) is 0 Å². The Morgan fingerprint density at radius 2 is 2.05 bits per heavy atom. The van der Waals surface area contributed by atoms with Crippen LogP contribution in [-0.4, -0.2) is 63.8 Å². The highest BCUT2D eigenvalue weighted by molar-refractivity contribution is 5.79. The minimum Gasteiger partial charge on any atom is -0.385 e. The van der Waals surface area contributed by atoms with Crippen molar-refractivity contribution in [2.75, 3.05) is 46.9 Å². The van der Waals surface area contributed by atoms with Gasteiger partial charge in [0.25, 0.3) is 0 Å². The molecule has 1 saturated heterocycles. The van der Waals surface area contributed by atoms with Gasteiger partial charge in [-0.1, -0.05) is 6.92 Å². The summed E-state index contributed by atoms with van der Waals surface area (Å²) in [4.78, 5) is 6.84. The van der Waals surface area contributed by atoms with E-state index >= 15 is 0 Å². The normalized spacial score (nSPS) is 18.6. The second-order valence-corrected chi connectivity index (χ2v) is 5.03. The van der Waals surface area contributed by atoms with E-state index in [9.17, 15) is 0 Å². The average molecular weight is 270 g/mol. The summed E-state index contributed by atoms with van der Waals surface area (Å²) in [5.74, 6) is 0.897. The molecular formula is C14H30N4O. The molecule has 5 heteroatoms. The summed E-state index contributed by atoms with van der Waals surface area (Å²) in [6.07, 6.45) is 4.88. The zero-order valence-corrected chi connectivity index (χ0v) is 12.7. The molecule has 1 rings (SSSR count). The summed E-state index contributed by atoms with van der Waals surface area (Å²) >= 11 is 0. The molecule has 112 valence electrons. The van der Waals surface area contributed by atoms with Crippen molar-refractivity contribution in [1.29, 1.82) is 0 Å². The number of hydrogen-bond donors (Lipinski definition) is 2. The van der Waals surface area contributed by atoms with Crippen LogP contribution in [0.4, 0.5) is 0 Å². The van der Waals surface area contributed by atoms with Crippen LogP contribution in [0.25, 0.3) is 0 Å². The third kappa shape index (κ3) is 6.25. The van der Waals surface area contributed by atoms with Crippen molar-refractivity contribution >= 4 is 5.96 Å². The molecule has 0 aromatic rings. The molecule has 0 aromatic heterocycles. The minimum absolute atomic E-state index is 0.625. The Labute approximate surface area is 117 Å². The maximum atomic E-state index is 5.03. The molecule has 1 aliphatic heterocycles. The number of aliphatic imine (C=N–C) groups is 1. The number of nitrogens with one attached hydrogen (secondary N) is 2. The van der Waals surface area contributed by atoms with Gasteiger partial charge in [-0.2, -0.15) is 0 Å². The maximum absolute atomic E-state index is 5.03. The highest BCUT2D eigenvalue weighted by atomic mass is 16.5. The quantitative estimate of drug-likeness (QED) is 0.393. The SMILES string of the molecule is CCC(CNC(=NC)NCCCOC)N1CCCC1. The molecule has 5 nitrogen and oxygen atoms in total. The lowest BCUT2D eigenvalue weighted by atomic mass is 10.2. The van der Waals surface area contributed by atoms with Crippen molar-refractivity contribution in [2.24, 2.45) is 4.99 Å². The monoisotopic (exact) mass is 270 g/mol. The molecule has 19 heavy (non-hydrogen) atoms. The van der Waals surface area contributed by atoms with Crippen LogP contribution in [0.2, 0.25) is 0 Å². The number of guanidine groups is 1. The highest BCUT2D eigenvalue weighted by Gasteiger charge is 2.20. The predicted octanol–water partition coefficient (Wildman–Crippen LogP) is 1.06. The van der Waals surface area contributed by atoms with Crippen molar-refractivity contribution in [2.45, 2.75) is 38.6 Å². The summed E-state index contributed by atoms with van der Waals surface area (Å²) in [5, 5.41) is 6.75. The van der Waals surface area contributed by atoms with Crippen LogP contribution in [0.1, 0.15) is 32.6 Å². The van der Waals surface area contributed by atoms with Crippen molar-refractivity contribution < 1.29 is 4.74 Å². The van der Waals surface area contributed by atoms with Gasteiger partial charge in [-0.25, -0.2) is 0 Å². The molecule has 0 radical (unpaired) electrons. The summed E-state index contributed by atoms with van der Waals surface area (Å²) in [7, 11) is 3.55. The van der Waals surface area contributed by atoms with Crippen molar-refractivity contribution in [3.05, 3.63) is 0 Å². The summed E-state index contributed by atoms with van der Waals surface area (Å²) in [6.45, 7) is 7.42. The van der Waals surface area contributed by atoms with Crippen LogP contribution < -0.4 is 10.6 Å². The van der Waals surface area contributed by atoms with Gasteiger partial charge in [0.1, 0.15) is 0 Å². The smallest absolute Gasteiger partial charge is 0.191 e. The first-order valence-electron chi connectivity index (χ1n) is 7.49. The van der Waals surface area contributed by atoms with Crippen LogP contribution in [0.3, 0.4) is 0 Å². The molecule has 0 aliphatic carbocycles. The molecule has 0 amide bonds. The summed E-state index contributed by atoms with van der Waals surface area (Å²) in [6, 6.07) is 0.625. The van der Waals surface area contributed by atoms with E-state index in [2.05, 4.69) is 27.4 Å². The largest absolute Gasteiger partial charge is 0.385 e. The van der Waals surface area contributed by atoms with E-state index in [1.165, 1.54) is 32.4 Å². The topological polar surface area (TPSA) is 48.9 Å². The Hall–Kier alpha value is -0.810. The second kappa shape index (κ2) is 10.0. The van der Waals surface area contributed by atoms with E-state index in [1.54, 1.807) is 7.11 Å². The van der Waals surface area contributed by atoms with E-state index in [0.717, 1.165) is 32.1 Å². The molecular weight excluding hydrogens is 240 g/mol. The van der Waals surface area contributed by atoms with Gasteiger partial charge >= 0.3 is 0 Å². The number of hydrogen-bond acceptors (Lipinski definition) is 3. The van der Waals surface area contributed by atoms with Crippen LogP contribution >= 0.6 is 0 Å². The molecule has 2 N–H and O–H groups in total. The maximum Gasteiger partial charge on any atom is 0.191 e. The summed E-state index contributed by atoms with van der Waals surface area (Å²) in [5.41, 5.74) is 0. The molecule has 0 aromatic carbocycles. The zero-order chi connectivity index (χ0) is 13.9. The minimum atomic E-state index is 0.625. The average Bonchev–Trinajstić information content (AvgIpc) is 2.96. The molecule has 0 spiro atoms. The molecule has 1 fully saturated rings. The van der Waals surface area contributed by atoms with Crippen LogP contribution in [0.5, 0.6) is 0 Å². The first-order chi connectivity index (χ1) is 9.31. The molecule has 1 aliphatic rings. The lowest BCUT2D eigenvalue weighted by Gasteiger charge is -2.27. The number of ether oxygens (including phenoxy) is 1. The molecule has 1 atom stereocenters. The Morgan fingerprint density at radius 1 is 1.32 bits per heavy atom. The van der Waals surface area contributed by atoms with E-state index in [0.29, 0.717) is 6.04 Å². The van der Waals surface area contributed by atoms with Gasteiger partial charge < -0.3 is 15.4 Å². The third-order valence-corrected chi connectivity index (χ3v) is 3.67. The number of likely N-dealkylation sites (tertiary alicyclic amines) is 1. The van der Waals surface area contributed by atoms with Gasteiger partial charge in [0.05, 0.1) is 0 Å². The fraction of sp³-hybridized carbons (Fsp3) is 0.929. The third-order valence-electron chi connectivity index (χ3n) is 3.67. The number of rotatable bonds is 8. The zero-order valence-electron chi connectivity index (χ0n) is 12.7. The second-order valence-electron chi connectivity index (χ2n) is 5.03. The Bertz CT molecular complexity index is 252. The lowest BCUT2D eigenvalue weighted by molar-refractivity contribution is 0.195.